The minimum absolute atomic E-state index is 0.0854. The summed E-state index contributed by atoms with van der Waals surface area (Å²) in [4.78, 5) is 14.1. The highest BCUT2D eigenvalue weighted by molar-refractivity contribution is 7.18. The molecule has 1 aromatic carbocycles. The van der Waals surface area contributed by atoms with Crippen molar-refractivity contribution in [3.63, 3.8) is 0 Å². The molecular formula is C17H22FN3OS. The van der Waals surface area contributed by atoms with Crippen molar-refractivity contribution in [2.24, 2.45) is 0 Å². The van der Waals surface area contributed by atoms with E-state index in [-0.39, 0.29) is 11.7 Å². The molecule has 0 unspecified atom stereocenters. The summed E-state index contributed by atoms with van der Waals surface area (Å²) in [6, 6.07) is 6.27. The molecule has 2 aromatic rings. The Kier molecular flexibility index (Phi) is 6.65. The fraction of sp³-hybridized carbons (Fsp3) is 0.471. The van der Waals surface area contributed by atoms with Gasteiger partial charge in [-0.2, -0.15) is 0 Å². The zero-order valence-electron chi connectivity index (χ0n) is 13.6. The predicted molar refractivity (Wildman–Crippen MR) is 92.1 cm³/mol. The van der Waals surface area contributed by atoms with Gasteiger partial charge in [-0.05, 0) is 25.0 Å². The second-order valence-electron chi connectivity index (χ2n) is 5.40. The van der Waals surface area contributed by atoms with Crippen molar-refractivity contribution in [3.05, 3.63) is 30.1 Å². The molecule has 0 radical (unpaired) electrons. The molecule has 0 fully saturated rings. The second kappa shape index (κ2) is 8.72. The Labute approximate surface area is 140 Å². The minimum atomic E-state index is -0.305. The van der Waals surface area contributed by atoms with Crippen LogP contribution in [0.15, 0.2) is 24.3 Å². The molecule has 0 spiro atoms. The van der Waals surface area contributed by atoms with Gasteiger partial charge in [0.25, 0.3) is 0 Å². The van der Waals surface area contributed by atoms with Crippen molar-refractivity contribution in [2.45, 2.75) is 46.0 Å². The molecule has 0 N–H and O–H groups in total. The molecule has 1 amide bonds. The first kappa shape index (κ1) is 17.5. The van der Waals surface area contributed by atoms with Gasteiger partial charge in [0.2, 0.25) is 11.0 Å². The van der Waals surface area contributed by atoms with Crippen molar-refractivity contribution in [1.82, 2.24) is 10.2 Å². The van der Waals surface area contributed by atoms with Gasteiger partial charge in [-0.3, -0.25) is 9.69 Å². The van der Waals surface area contributed by atoms with Gasteiger partial charge in [0.05, 0.1) is 0 Å². The van der Waals surface area contributed by atoms with E-state index in [1.807, 2.05) is 0 Å². The van der Waals surface area contributed by atoms with E-state index in [9.17, 15) is 9.18 Å². The number of rotatable bonds is 8. The van der Waals surface area contributed by atoms with Gasteiger partial charge in [0.1, 0.15) is 10.8 Å². The average molecular weight is 335 g/mol. The second-order valence-corrected chi connectivity index (χ2v) is 6.36. The van der Waals surface area contributed by atoms with Crippen LogP contribution >= 0.6 is 11.3 Å². The molecule has 0 saturated heterocycles. The lowest BCUT2D eigenvalue weighted by atomic mass is 10.2. The van der Waals surface area contributed by atoms with Crippen LogP contribution in [0.5, 0.6) is 0 Å². The molecule has 0 aliphatic carbocycles. The summed E-state index contributed by atoms with van der Waals surface area (Å²) in [6.07, 6.45) is 4.31. The Morgan fingerprint density at radius 2 is 2.00 bits per heavy atom. The third-order valence-corrected chi connectivity index (χ3v) is 4.49. The summed E-state index contributed by atoms with van der Waals surface area (Å²) in [5.74, 6) is -0.219. The molecule has 1 aromatic heterocycles. The lowest BCUT2D eigenvalue weighted by Crippen LogP contribution is -2.31. The number of amides is 1. The molecule has 1 heterocycles. The van der Waals surface area contributed by atoms with Crippen LogP contribution in [-0.4, -0.2) is 22.6 Å². The Morgan fingerprint density at radius 1 is 1.22 bits per heavy atom. The van der Waals surface area contributed by atoms with Crippen LogP contribution in [0.1, 0.15) is 46.0 Å². The summed E-state index contributed by atoms with van der Waals surface area (Å²) < 4.78 is 13.3. The highest BCUT2D eigenvalue weighted by atomic mass is 32.1. The Balaban J connectivity index is 2.20. The van der Waals surface area contributed by atoms with E-state index >= 15 is 0 Å². The largest absolute Gasteiger partial charge is 0.287 e. The van der Waals surface area contributed by atoms with E-state index in [1.54, 1.807) is 17.0 Å². The highest BCUT2D eigenvalue weighted by Crippen LogP contribution is 2.29. The molecule has 4 nitrogen and oxygen atoms in total. The maximum Gasteiger partial charge on any atom is 0.228 e. The number of unbranched alkanes of at least 4 members (excludes halogenated alkanes) is 2. The van der Waals surface area contributed by atoms with Gasteiger partial charge < -0.3 is 0 Å². The number of hydrogen-bond acceptors (Lipinski definition) is 4. The maximum atomic E-state index is 13.3. The molecule has 124 valence electrons. The van der Waals surface area contributed by atoms with Gasteiger partial charge in [-0.25, -0.2) is 4.39 Å². The summed E-state index contributed by atoms with van der Waals surface area (Å²) in [5, 5.41) is 9.51. The van der Waals surface area contributed by atoms with Crippen LogP contribution in [0.4, 0.5) is 9.52 Å². The van der Waals surface area contributed by atoms with Crippen LogP contribution in [0, 0.1) is 5.82 Å². The average Bonchev–Trinajstić information content (AvgIpc) is 3.03. The van der Waals surface area contributed by atoms with Crippen molar-refractivity contribution >= 4 is 22.4 Å². The number of carbonyl (C=O) groups is 1. The van der Waals surface area contributed by atoms with Crippen LogP contribution in [0.2, 0.25) is 0 Å². The molecule has 0 aliphatic rings. The number of benzene rings is 1. The standard InChI is InChI=1S/C17H22FN3OS/c1-3-5-10-15(22)21(11-6-4-2)17-20-19-16(23-17)13-8-7-9-14(18)12-13/h7-9,12H,3-6,10-11H2,1-2H3. The van der Waals surface area contributed by atoms with Crippen LogP contribution in [-0.2, 0) is 4.79 Å². The van der Waals surface area contributed by atoms with E-state index in [0.717, 1.165) is 25.7 Å². The monoisotopic (exact) mass is 335 g/mol. The first-order valence-electron chi connectivity index (χ1n) is 8.05. The Morgan fingerprint density at radius 3 is 2.70 bits per heavy atom. The van der Waals surface area contributed by atoms with Crippen LogP contribution in [0.3, 0.4) is 0 Å². The quantitative estimate of drug-likeness (QED) is 0.704. The van der Waals surface area contributed by atoms with Gasteiger partial charge >= 0.3 is 0 Å². The number of anilines is 1. The van der Waals surface area contributed by atoms with E-state index < -0.39 is 0 Å². The summed E-state index contributed by atoms with van der Waals surface area (Å²) >= 11 is 1.33. The lowest BCUT2D eigenvalue weighted by molar-refractivity contribution is -0.118. The van der Waals surface area contributed by atoms with E-state index in [0.29, 0.717) is 28.7 Å². The van der Waals surface area contributed by atoms with Crippen molar-refractivity contribution < 1.29 is 9.18 Å². The van der Waals surface area contributed by atoms with Gasteiger partial charge in [-0.15, -0.1) is 10.2 Å². The molecular weight excluding hydrogens is 313 g/mol. The minimum Gasteiger partial charge on any atom is -0.287 e. The number of nitrogens with zero attached hydrogens (tertiary/aromatic N) is 3. The maximum absolute atomic E-state index is 13.3. The molecule has 0 saturated carbocycles. The van der Waals surface area contributed by atoms with E-state index in [2.05, 4.69) is 24.0 Å². The van der Waals surface area contributed by atoms with Gasteiger partial charge in [-0.1, -0.05) is 50.2 Å². The first-order chi connectivity index (χ1) is 11.2. The SMILES string of the molecule is CCCCC(=O)N(CCCC)c1nnc(-c2cccc(F)c2)s1. The smallest absolute Gasteiger partial charge is 0.228 e. The number of aromatic nitrogens is 2. The fourth-order valence-corrected chi connectivity index (χ4v) is 3.05. The van der Waals surface area contributed by atoms with E-state index in [4.69, 9.17) is 0 Å². The molecule has 23 heavy (non-hydrogen) atoms. The summed E-state index contributed by atoms with van der Waals surface area (Å²) in [6.45, 7) is 4.81. The van der Waals surface area contributed by atoms with Crippen LogP contribution in [0.25, 0.3) is 10.6 Å². The molecule has 0 atom stereocenters. The van der Waals surface area contributed by atoms with Gasteiger partial charge in [0, 0.05) is 18.5 Å². The number of carbonyl (C=O) groups excluding carboxylic acids is 1. The molecule has 0 bridgehead atoms. The predicted octanol–water partition coefficient (Wildman–Crippen LogP) is 4.67. The van der Waals surface area contributed by atoms with Gasteiger partial charge in [0.15, 0.2) is 0 Å². The van der Waals surface area contributed by atoms with Crippen molar-refractivity contribution in [2.75, 3.05) is 11.4 Å². The topological polar surface area (TPSA) is 46.1 Å². The van der Waals surface area contributed by atoms with Crippen molar-refractivity contribution in [1.29, 1.82) is 0 Å². The Hall–Kier alpha value is -1.82. The zero-order chi connectivity index (χ0) is 16.7. The normalized spacial score (nSPS) is 10.7. The third-order valence-electron chi connectivity index (χ3n) is 3.50. The highest BCUT2D eigenvalue weighted by Gasteiger charge is 2.19. The number of halogens is 1. The Bertz CT molecular complexity index is 644. The zero-order valence-corrected chi connectivity index (χ0v) is 14.4. The van der Waals surface area contributed by atoms with E-state index in [1.165, 1.54) is 23.5 Å². The lowest BCUT2D eigenvalue weighted by Gasteiger charge is -2.18. The summed E-state index contributed by atoms with van der Waals surface area (Å²) in [7, 11) is 0. The molecule has 2 rings (SSSR count). The fourth-order valence-electron chi connectivity index (χ4n) is 2.17. The van der Waals surface area contributed by atoms with Crippen molar-refractivity contribution in [3.8, 4) is 10.6 Å². The molecule has 6 heteroatoms. The molecule has 0 aliphatic heterocycles. The number of hydrogen-bond donors (Lipinski definition) is 0. The third kappa shape index (κ3) is 4.82. The first-order valence-corrected chi connectivity index (χ1v) is 8.87. The van der Waals surface area contributed by atoms with Crippen LogP contribution < -0.4 is 4.90 Å². The summed E-state index contributed by atoms with van der Waals surface area (Å²) in [5.41, 5.74) is 0.685.